The predicted octanol–water partition coefficient (Wildman–Crippen LogP) is 1.80. The molecule has 1 heterocycles. The van der Waals surface area contributed by atoms with Gasteiger partial charge in [-0.3, -0.25) is 9.59 Å². The van der Waals surface area contributed by atoms with Gasteiger partial charge in [0, 0.05) is 36.1 Å². The molecule has 2 atom stereocenters. The predicted molar refractivity (Wildman–Crippen MR) is 90.0 cm³/mol. The van der Waals surface area contributed by atoms with E-state index in [2.05, 4.69) is 0 Å². The molecule has 0 spiro atoms. The molecule has 1 aliphatic carbocycles. The highest BCUT2D eigenvalue weighted by Gasteiger charge is 2.42. The maximum Gasteiger partial charge on any atom is 0.254 e. The molecule has 2 aliphatic rings. The van der Waals surface area contributed by atoms with E-state index in [1.807, 2.05) is 6.92 Å². The van der Waals surface area contributed by atoms with Crippen molar-refractivity contribution in [3.05, 3.63) is 34.9 Å². The third-order valence-electron chi connectivity index (χ3n) is 5.64. The van der Waals surface area contributed by atoms with E-state index in [4.69, 9.17) is 0 Å². The quantitative estimate of drug-likeness (QED) is 0.882. The molecule has 5 heteroatoms. The molecule has 1 aromatic carbocycles. The lowest BCUT2D eigenvalue weighted by atomic mass is 9.73. The number of Topliss-reactive ketones (excluding diaryl/α,β-unsaturated/α-hetero) is 1. The summed E-state index contributed by atoms with van der Waals surface area (Å²) in [6, 6.07) is 5.31. The van der Waals surface area contributed by atoms with Crippen LogP contribution in [0, 0.1) is 5.41 Å². The van der Waals surface area contributed by atoms with Gasteiger partial charge in [0.25, 0.3) is 5.91 Å². The topological polar surface area (TPSA) is 77.8 Å². The van der Waals surface area contributed by atoms with Crippen LogP contribution in [-0.4, -0.2) is 52.6 Å². The molecule has 0 saturated carbocycles. The molecule has 1 saturated heterocycles. The van der Waals surface area contributed by atoms with Crippen LogP contribution in [0.5, 0.6) is 0 Å². The van der Waals surface area contributed by atoms with Crippen molar-refractivity contribution in [2.45, 2.75) is 45.1 Å². The number of nitrogens with zero attached hydrogens (tertiary/aromatic N) is 1. The number of β-amino-alcohol motifs (C(OH)–C–C–N with tert-alkyl or cyclic N) is 1. The summed E-state index contributed by atoms with van der Waals surface area (Å²) in [5, 5.41) is 20.3. The Kier molecular flexibility index (Phi) is 4.74. The van der Waals surface area contributed by atoms with Gasteiger partial charge < -0.3 is 15.1 Å². The molecule has 0 unspecified atom stereocenters. The van der Waals surface area contributed by atoms with Crippen molar-refractivity contribution in [2.24, 2.45) is 5.41 Å². The van der Waals surface area contributed by atoms with E-state index in [9.17, 15) is 19.8 Å². The van der Waals surface area contributed by atoms with E-state index in [0.717, 1.165) is 18.4 Å². The molecule has 1 fully saturated rings. The van der Waals surface area contributed by atoms with Crippen molar-refractivity contribution in [3.8, 4) is 0 Å². The summed E-state index contributed by atoms with van der Waals surface area (Å²) in [4.78, 5) is 26.4. The average molecular weight is 331 g/mol. The number of piperidine rings is 1. The fourth-order valence-electron chi connectivity index (χ4n) is 4.12. The highest BCUT2D eigenvalue weighted by atomic mass is 16.3. The zero-order chi connectivity index (χ0) is 17.3. The number of rotatable bonds is 4. The number of hydrogen-bond acceptors (Lipinski definition) is 4. The molecule has 24 heavy (non-hydrogen) atoms. The lowest BCUT2D eigenvalue weighted by Gasteiger charge is -2.44. The fourth-order valence-corrected chi connectivity index (χ4v) is 4.12. The van der Waals surface area contributed by atoms with Crippen LogP contribution in [0.3, 0.4) is 0 Å². The van der Waals surface area contributed by atoms with Crippen LogP contribution in [-0.2, 0) is 6.42 Å². The first-order chi connectivity index (χ1) is 11.5. The first-order valence-corrected chi connectivity index (χ1v) is 8.75. The number of likely N-dealkylation sites (tertiary alicyclic amines) is 1. The number of amides is 1. The lowest BCUT2D eigenvalue weighted by molar-refractivity contribution is -0.0713. The van der Waals surface area contributed by atoms with Crippen molar-refractivity contribution < 1.29 is 19.8 Å². The second-order valence-corrected chi connectivity index (χ2v) is 7.04. The van der Waals surface area contributed by atoms with Crippen molar-refractivity contribution in [2.75, 3.05) is 19.7 Å². The van der Waals surface area contributed by atoms with Gasteiger partial charge >= 0.3 is 0 Å². The monoisotopic (exact) mass is 331 g/mol. The number of aliphatic hydroxyl groups is 2. The van der Waals surface area contributed by atoms with Crippen molar-refractivity contribution in [3.63, 3.8) is 0 Å². The summed E-state index contributed by atoms with van der Waals surface area (Å²) in [6.07, 6.45) is 2.59. The van der Waals surface area contributed by atoms with Crippen molar-refractivity contribution >= 4 is 11.7 Å². The molecule has 0 aromatic heterocycles. The zero-order valence-corrected chi connectivity index (χ0v) is 14.1. The Balaban J connectivity index is 1.80. The van der Waals surface area contributed by atoms with Crippen molar-refractivity contribution in [1.29, 1.82) is 0 Å². The molecule has 1 amide bonds. The minimum absolute atomic E-state index is 0.0563. The Labute approximate surface area is 142 Å². The molecular weight excluding hydrogens is 306 g/mol. The van der Waals surface area contributed by atoms with Gasteiger partial charge in [-0.05, 0) is 30.9 Å². The molecule has 130 valence electrons. The SMILES string of the molecule is CCC[C@]1(CO)CCN(C(=O)c2cccc3c2CCC3=O)C[C@@H]1O. The molecule has 2 N–H and O–H groups in total. The first-order valence-electron chi connectivity index (χ1n) is 8.75. The second kappa shape index (κ2) is 6.65. The summed E-state index contributed by atoms with van der Waals surface area (Å²) >= 11 is 0. The van der Waals surface area contributed by atoms with Crippen LogP contribution in [0.4, 0.5) is 0 Å². The van der Waals surface area contributed by atoms with Gasteiger partial charge in [-0.1, -0.05) is 25.5 Å². The van der Waals surface area contributed by atoms with Gasteiger partial charge in [-0.25, -0.2) is 0 Å². The van der Waals surface area contributed by atoms with Gasteiger partial charge in [0.05, 0.1) is 12.7 Å². The van der Waals surface area contributed by atoms with Gasteiger partial charge in [-0.15, -0.1) is 0 Å². The van der Waals surface area contributed by atoms with E-state index in [0.29, 0.717) is 36.9 Å². The second-order valence-electron chi connectivity index (χ2n) is 7.04. The maximum absolute atomic E-state index is 12.9. The smallest absolute Gasteiger partial charge is 0.254 e. The molecule has 1 aromatic rings. The molecule has 5 nitrogen and oxygen atoms in total. The summed E-state index contributed by atoms with van der Waals surface area (Å²) in [5.41, 5.74) is 1.58. The number of benzene rings is 1. The number of ketones is 1. The lowest BCUT2D eigenvalue weighted by Crippen LogP contribution is -2.54. The third kappa shape index (κ3) is 2.76. The molecule has 1 aliphatic heterocycles. The van der Waals surface area contributed by atoms with Gasteiger partial charge in [-0.2, -0.15) is 0 Å². The van der Waals surface area contributed by atoms with Crippen LogP contribution >= 0.6 is 0 Å². The van der Waals surface area contributed by atoms with E-state index in [1.165, 1.54) is 0 Å². The highest BCUT2D eigenvalue weighted by Crippen LogP contribution is 2.37. The van der Waals surface area contributed by atoms with Gasteiger partial charge in [0.15, 0.2) is 5.78 Å². The maximum atomic E-state index is 12.9. The van der Waals surface area contributed by atoms with Crippen LogP contribution in [0.25, 0.3) is 0 Å². The molecule has 0 radical (unpaired) electrons. The number of aliphatic hydroxyl groups excluding tert-OH is 2. The summed E-state index contributed by atoms with van der Waals surface area (Å²) in [6.45, 7) is 2.73. The Morgan fingerprint density at radius 3 is 2.83 bits per heavy atom. The zero-order valence-electron chi connectivity index (χ0n) is 14.1. The Morgan fingerprint density at radius 2 is 2.17 bits per heavy atom. The van der Waals surface area contributed by atoms with Crippen LogP contribution in [0.1, 0.15) is 58.9 Å². The number of carbonyl (C=O) groups is 2. The Morgan fingerprint density at radius 1 is 1.38 bits per heavy atom. The van der Waals surface area contributed by atoms with Crippen LogP contribution in [0.2, 0.25) is 0 Å². The van der Waals surface area contributed by atoms with Crippen LogP contribution in [0.15, 0.2) is 18.2 Å². The van der Waals surface area contributed by atoms with Crippen molar-refractivity contribution in [1.82, 2.24) is 4.90 Å². The minimum atomic E-state index is -0.724. The summed E-state index contributed by atoms with van der Waals surface area (Å²) in [5.74, 6) is -0.0239. The third-order valence-corrected chi connectivity index (χ3v) is 5.64. The van der Waals surface area contributed by atoms with E-state index in [1.54, 1.807) is 23.1 Å². The number of fused-ring (bicyclic) bond motifs is 1. The average Bonchev–Trinajstić information content (AvgIpc) is 2.97. The standard InChI is InChI=1S/C19H25NO4/c1-2-8-19(12-21)9-10-20(11-17(19)23)18(24)15-5-3-4-14-13(15)6-7-16(14)22/h3-5,17,21,23H,2,6-12H2,1H3/t17-,19+/m0/s1. The normalized spacial score (nSPS) is 26.5. The fraction of sp³-hybridized carbons (Fsp3) is 0.579. The first kappa shape index (κ1) is 17.1. The number of carbonyl (C=O) groups excluding carboxylic acids is 2. The molecular formula is C19H25NO4. The van der Waals surface area contributed by atoms with E-state index < -0.39 is 11.5 Å². The number of hydrogen-bond donors (Lipinski definition) is 2. The van der Waals surface area contributed by atoms with E-state index in [-0.39, 0.29) is 24.8 Å². The molecule has 3 rings (SSSR count). The highest BCUT2D eigenvalue weighted by molar-refractivity contribution is 6.05. The Hall–Kier alpha value is -1.72. The summed E-state index contributed by atoms with van der Waals surface area (Å²) in [7, 11) is 0. The largest absolute Gasteiger partial charge is 0.396 e. The van der Waals surface area contributed by atoms with Crippen LogP contribution < -0.4 is 0 Å². The Bertz CT molecular complexity index is 657. The van der Waals surface area contributed by atoms with E-state index >= 15 is 0 Å². The summed E-state index contributed by atoms with van der Waals surface area (Å²) < 4.78 is 0. The van der Waals surface area contributed by atoms with Gasteiger partial charge in [0.1, 0.15) is 0 Å². The molecule has 0 bridgehead atoms. The minimum Gasteiger partial charge on any atom is -0.396 e. The van der Waals surface area contributed by atoms with Gasteiger partial charge in [0.2, 0.25) is 0 Å².